The van der Waals surface area contributed by atoms with E-state index in [1.807, 2.05) is 13.8 Å². The average molecular weight is 301 g/mol. The topological polar surface area (TPSA) is 66.8 Å². The first kappa shape index (κ1) is 17.1. The lowest BCUT2D eigenvalue weighted by molar-refractivity contribution is 0.0737. The molecule has 0 aliphatic rings. The van der Waals surface area contributed by atoms with E-state index in [2.05, 4.69) is 0 Å². The molecule has 0 aliphatic heterocycles. The van der Waals surface area contributed by atoms with Crippen molar-refractivity contribution in [1.82, 2.24) is 4.31 Å². The Morgan fingerprint density at radius 2 is 1.85 bits per heavy atom. The maximum atomic E-state index is 12.3. The summed E-state index contributed by atoms with van der Waals surface area (Å²) in [7, 11) is -1.94. The fourth-order valence-electron chi connectivity index (χ4n) is 1.67. The van der Waals surface area contributed by atoms with Gasteiger partial charge in [0.1, 0.15) is 0 Å². The molecule has 6 heteroatoms. The molecule has 0 bridgehead atoms. The Labute approximate surface area is 121 Å². The molecule has 0 aromatic heterocycles. The minimum Gasteiger partial charge on any atom is -0.396 e. The second-order valence-electron chi connectivity index (χ2n) is 4.86. The van der Waals surface area contributed by atoms with E-state index in [0.29, 0.717) is 19.6 Å². The maximum absolute atomic E-state index is 12.3. The predicted molar refractivity (Wildman–Crippen MR) is 78.1 cm³/mol. The molecule has 1 rings (SSSR count). The van der Waals surface area contributed by atoms with Gasteiger partial charge in [0.05, 0.1) is 17.6 Å². The van der Waals surface area contributed by atoms with Crippen molar-refractivity contribution in [2.24, 2.45) is 0 Å². The van der Waals surface area contributed by atoms with Crippen molar-refractivity contribution in [2.75, 3.05) is 26.8 Å². The van der Waals surface area contributed by atoms with Crippen LogP contribution >= 0.6 is 0 Å². The molecular formula is C14H23NO4S. The van der Waals surface area contributed by atoms with Crippen LogP contribution in [0.15, 0.2) is 29.2 Å². The molecule has 1 N–H and O–H groups in total. The monoisotopic (exact) mass is 301 g/mol. The Morgan fingerprint density at radius 3 is 2.35 bits per heavy atom. The standard InChI is InChI=1S/C14H23NO4S/c1-12(2)19-11-9-15(3)20(17,18)14-6-4-13(5-7-14)8-10-16/h4-7,12,16H,8-11H2,1-3H3. The first-order valence-electron chi connectivity index (χ1n) is 6.65. The number of aliphatic hydroxyl groups is 1. The lowest BCUT2D eigenvalue weighted by atomic mass is 10.2. The van der Waals surface area contributed by atoms with Crippen molar-refractivity contribution in [1.29, 1.82) is 0 Å². The third-order valence-electron chi connectivity index (χ3n) is 2.89. The van der Waals surface area contributed by atoms with Crippen LogP contribution in [0.2, 0.25) is 0 Å². The Hall–Kier alpha value is -0.950. The van der Waals surface area contributed by atoms with E-state index in [1.165, 1.54) is 4.31 Å². The van der Waals surface area contributed by atoms with Crippen LogP contribution in [0.25, 0.3) is 0 Å². The molecule has 20 heavy (non-hydrogen) atoms. The van der Waals surface area contributed by atoms with Crippen LogP contribution in [0.4, 0.5) is 0 Å². The number of ether oxygens (including phenoxy) is 1. The van der Waals surface area contributed by atoms with Crippen molar-refractivity contribution >= 4 is 10.0 Å². The lowest BCUT2D eigenvalue weighted by Crippen LogP contribution is -2.30. The molecule has 0 saturated heterocycles. The van der Waals surface area contributed by atoms with Gasteiger partial charge in [0.2, 0.25) is 10.0 Å². The van der Waals surface area contributed by atoms with Gasteiger partial charge in [-0.25, -0.2) is 8.42 Å². The Bertz CT molecular complexity index is 496. The third kappa shape index (κ3) is 4.86. The fourth-order valence-corrected chi connectivity index (χ4v) is 2.83. The van der Waals surface area contributed by atoms with Crippen molar-refractivity contribution < 1.29 is 18.3 Å². The van der Waals surface area contributed by atoms with Crippen molar-refractivity contribution in [3.8, 4) is 0 Å². The van der Waals surface area contributed by atoms with Gasteiger partial charge in [0, 0.05) is 20.2 Å². The van der Waals surface area contributed by atoms with Crippen LogP contribution in [0, 0.1) is 0 Å². The highest BCUT2D eigenvalue weighted by Gasteiger charge is 2.20. The largest absolute Gasteiger partial charge is 0.396 e. The zero-order chi connectivity index (χ0) is 15.2. The number of aliphatic hydroxyl groups excluding tert-OH is 1. The summed E-state index contributed by atoms with van der Waals surface area (Å²) < 4.78 is 31.2. The second kappa shape index (κ2) is 7.73. The molecule has 0 radical (unpaired) electrons. The molecule has 1 aromatic carbocycles. The molecule has 0 spiro atoms. The SMILES string of the molecule is CC(C)OCCN(C)S(=O)(=O)c1ccc(CCO)cc1. The number of sulfonamides is 1. The Balaban J connectivity index is 2.71. The average Bonchev–Trinajstić information content (AvgIpc) is 2.39. The smallest absolute Gasteiger partial charge is 0.242 e. The molecular weight excluding hydrogens is 278 g/mol. The van der Waals surface area contributed by atoms with E-state index in [4.69, 9.17) is 9.84 Å². The quantitative estimate of drug-likeness (QED) is 0.785. The van der Waals surface area contributed by atoms with E-state index < -0.39 is 10.0 Å². The van der Waals surface area contributed by atoms with Gasteiger partial charge in [-0.1, -0.05) is 12.1 Å². The van der Waals surface area contributed by atoms with Gasteiger partial charge in [0.15, 0.2) is 0 Å². The molecule has 5 nitrogen and oxygen atoms in total. The molecule has 1 aromatic rings. The Kier molecular flexibility index (Phi) is 6.61. The molecule has 0 saturated carbocycles. The van der Waals surface area contributed by atoms with E-state index >= 15 is 0 Å². The summed E-state index contributed by atoms with van der Waals surface area (Å²) in [6.45, 7) is 4.57. The van der Waals surface area contributed by atoms with E-state index in [-0.39, 0.29) is 17.6 Å². The van der Waals surface area contributed by atoms with Gasteiger partial charge in [-0.2, -0.15) is 4.31 Å². The van der Waals surface area contributed by atoms with Crippen molar-refractivity contribution in [3.63, 3.8) is 0 Å². The third-order valence-corrected chi connectivity index (χ3v) is 4.76. The van der Waals surface area contributed by atoms with E-state index in [0.717, 1.165) is 5.56 Å². The van der Waals surface area contributed by atoms with Crippen LogP contribution in [0.3, 0.4) is 0 Å². The summed E-state index contributed by atoms with van der Waals surface area (Å²) in [6.07, 6.45) is 0.613. The number of benzene rings is 1. The van der Waals surface area contributed by atoms with Crippen molar-refractivity contribution in [3.05, 3.63) is 29.8 Å². The van der Waals surface area contributed by atoms with Gasteiger partial charge >= 0.3 is 0 Å². The molecule has 114 valence electrons. The number of nitrogens with zero attached hydrogens (tertiary/aromatic N) is 1. The maximum Gasteiger partial charge on any atom is 0.242 e. The highest BCUT2D eigenvalue weighted by molar-refractivity contribution is 7.89. The lowest BCUT2D eigenvalue weighted by Gasteiger charge is -2.18. The van der Waals surface area contributed by atoms with Crippen LogP contribution in [0.1, 0.15) is 19.4 Å². The number of hydrogen-bond acceptors (Lipinski definition) is 4. The molecule has 0 heterocycles. The summed E-state index contributed by atoms with van der Waals surface area (Å²) in [6, 6.07) is 6.59. The normalized spacial score (nSPS) is 12.3. The van der Waals surface area contributed by atoms with Gasteiger partial charge in [-0.15, -0.1) is 0 Å². The number of rotatable bonds is 8. The highest BCUT2D eigenvalue weighted by atomic mass is 32.2. The summed E-state index contributed by atoms with van der Waals surface area (Å²) in [5.74, 6) is 0. The number of hydrogen-bond donors (Lipinski definition) is 1. The summed E-state index contributed by atoms with van der Waals surface area (Å²) in [5.41, 5.74) is 0.914. The summed E-state index contributed by atoms with van der Waals surface area (Å²) in [5, 5.41) is 8.84. The van der Waals surface area contributed by atoms with Crippen LogP contribution in [0.5, 0.6) is 0 Å². The zero-order valence-electron chi connectivity index (χ0n) is 12.2. The van der Waals surface area contributed by atoms with Gasteiger partial charge in [0.25, 0.3) is 0 Å². The number of likely N-dealkylation sites (N-methyl/N-ethyl adjacent to an activating group) is 1. The van der Waals surface area contributed by atoms with E-state index in [9.17, 15) is 8.42 Å². The van der Waals surface area contributed by atoms with Gasteiger partial charge in [-0.05, 0) is 38.0 Å². The highest BCUT2D eigenvalue weighted by Crippen LogP contribution is 2.15. The summed E-state index contributed by atoms with van der Waals surface area (Å²) >= 11 is 0. The van der Waals surface area contributed by atoms with Crippen LogP contribution in [-0.4, -0.2) is 50.7 Å². The Morgan fingerprint density at radius 1 is 1.25 bits per heavy atom. The fraction of sp³-hybridized carbons (Fsp3) is 0.571. The first-order valence-corrected chi connectivity index (χ1v) is 8.09. The predicted octanol–water partition coefficient (Wildman–Crippen LogP) is 1.27. The second-order valence-corrected chi connectivity index (χ2v) is 6.91. The molecule has 0 atom stereocenters. The van der Waals surface area contributed by atoms with Gasteiger partial charge < -0.3 is 9.84 Å². The molecule has 0 amide bonds. The summed E-state index contributed by atoms with van der Waals surface area (Å²) in [4.78, 5) is 0.256. The van der Waals surface area contributed by atoms with Crippen molar-refractivity contribution in [2.45, 2.75) is 31.3 Å². The van der Waals surface area contributed by atoms with Crippen LogP contribution in [-0.2, 0) is 21.2 Å². The van der Waals surface area contributed by atoms with Crippen LogP contribution < -0.4 is 0 Å². The first-order chi connectivity index (χ1) is 9.37. The van der Waals surface area contributed by atoms with E-state index in [1.54, 1.807) is 31.3 Å². The minimum absolute atomic E-state index is 0.0541. The van der Waals surface area contributed by atoms with Gasteiger partial charge in [-0.3, -0.25) is 0 Å². The minimum atomic E-state index is -3.48. The zero-order valence-corrected chi connectivity index (χ0v) is 13.1. The molecule has 0 fully saturated rings. The molecule has 0 unspecified atom stereocenters. The molecule has 0 aliphatic carbocycles.